The van der Waals surface area contributed by atoms with Gasteiger partial charge in [0.1, 0.15) is 23.8 Å². The fraction of sp³-hybridized carbons (Fsp3) is 0.500. The number of hydrogen-bond acceptors (Lipinski definition) is 6. The molecule has 0 aromatic carbocycles. The van der Waals surface area contributed by atoms with Crippen LogP contribution in [-0.4, -0.2) is 35.4 Å². The van der Waals surface area contributed by atoms with Gasteiger partial charge in [0.25, 0.3) is 0 Å². The molecule has 90 valence electrons. The Morgan fingerprint density at radius 3 is 2.94 bits per heavy atom. The van der Waals surface area contributed by atoms with Crippen molar-refractivity contribution < 1.29 is 8.42 Å². The Morgan fingerprint density at radius 2 is 2.35 bits per heavy atom. The summed E-state index contributed by atoms with van der Waals surface area (Å²) in [6.07, 6.45) is 3.25. The molecule has 1 unspecified atom stereocenters. The summed E-state index contributed by atoms with van der Waals surface area (Å²) in [5.41, 5.74) is -0.239. The molecule has 6 nitrogen and oxygen atoms in total. The van der Waals surface area contributed by atoms with E-state index in [-0.39, 0.29) is 11.5 Å². The highest BCUT2D eigenvalue weighted by Gasteiger charge is 2.38. The van der Waals surface area contributed by atoms with Gasteiger partial charge >= 0.3 is 0 Å². The van der Waals surface area contributed by atoms with Crippen molar-refractivity contribution in [2.75, 3.05) is 16.8 Å². The highest BCUT2D eigenvalue weighted by Crippen LogP contribution is 2.27. The molecule has 17 heavy (non-hydrogen) atoms. The topological polar surface area (TPSA) is 95.7 Å². The molecule has 1 atom stereocenters. The summed E-state index contributed by atoms with van der Waals surface area (Å²) in [5, 5.41) is 11.9. The first-order valence-corrected chi connectivity index (χ1v) is 6.95. The maximum Gasteiger partial charge on any atom is 0.152 e. The van der Waals surface area contributed by atoms with Crippen molar-refractivity contribution >= 4 is 15.7 Å². The first kappa shape index (κ1) is 11.8. The fourth-order valence-corrected chi connectivity index (χ4v) is 4.00. The first-order chi connectivity index (χ1) is 7.94. The molecule has 1 aliphatic rings. The number of nitriles is 1. The Kier molecular flexibility index (Phi) is 2.75. The number of nitrogens with one attached hydrogen (secondary N) is 1. The first-order valence-electron chi connectivity index (χ1n) is 5.13. The summed E-state index contributed by atoms with van der Waals surface area (Å²) in [7, 11) is -2.98. The second-order valence-corrected chi connectivity index (χ2v) is 6.61. The van der Waals surface area contributed by atoms with Crippen LogP contribution in [0.5, 0.6) is 0 Å². The van der Waals surface area contributed by atoms with Gasteiger partial charge in [-0.3, -0.25) is 0 Å². The van der Waals surface area contributed by atoms with Crippen LogP contribution in [0.15, 0.2) is 12.5 Å². The molecule has 2 heterocycles. The maximum atomic E-state index is 11.5. The third-order valence-electron chi connectivity index (χ3n) is 2.76. The van der Waals surface area contributed by atoms with Gasteiger partial charge in [-0.2, -0.15) is 5.26 Å². The third kappa shape index (κ3) is 2.53. The van der Waals surface area contributed by atoms with E-state index in [0.717, 1.165) is 0 Å². The lowest BCUT2D eigenvalue weighted by Gasteiger charge is -2.24. The van der Waals surface area contributed by atoms with E-state index >= 15 is 0 Å². The molecule has 0 saturated carbocycles. The van der Waals surface area contributed by atoms with Gasteiger partial charge in [0, 0.05) is 0 Å². The zero-order valence-electron chi connectivity index (χ0n) is 9.34. The lowest BCUT2D eigenvalue weighted by molar-refractivity contribution is 0.571. The normalized spacial score (nSPS) is 26.4. The molecular weight excluding hydrogens is 240 g/mol. The number of sulfone groups is 1. The van der Waals surface area contributed by atoms with Crippen LogP contribution in [0.1, 0.15) is 18.9 Å². The van der Waals surface area contributed by atoms with Crippen molar-refractivity contribution in [3.8, 4) is 6.07 Å². The van der Waals surface area contributed by atoms with Crippen molar-refractivity contribution in [3.05, 3.63) is 18.1 Å². The van der Waals surface area contributed by atoms with E-state index in [0.29, 0.717) is 17.8 Å². The van der Waals surface area contributed by atoms with Crippen LogP contribution in [0.4, 0.5) is 5.82 Å². The summed E-state index contributed by atoms with van der Waals surface area (Å²) >= 11 is 0. The molecule has 1 fully saturated rings. The van der Waals surface area contributed by atoms with Crippen molar-refractivity contribution in [2.24, 2.45) is 0 Å². The third-order valence-corrected chi connectivity index (χ3v) is 4.66. The summed E-state index contributed by atoms with van der Waals surface area (Å²) in [6, 6.07) is 1.97. The Bertz CT molecular complexity index is 578. The minimum absolute atomic E-state index is 0.0644. The predicted molar refractivity (Wildman–Crippen MR) is 62.0 cm³/mol. The van der Waals surface area contributed by atoms with Gasteiger partial charge in [0.05, 0.1) is 23.2 Å². The minimum atomic E-state index is -2.98. The van der Waals surface area contributed by atoms with Gasteiger partial charge in [-0.05, 0) is 13.3 Å². The lowest BCUT2D eigenvalue weighted by atomic mass is 10.0. The van der Waals surface area contributed by atoms with Crippen molar-refractivity contribution in [2.45, 2.75) is 18.9 Å². The van der Waals surface area contributed by atoms with Crippen molar-refractivity contribution in [1.29, 1.82) is 5.26 Å². The molecule has 1 aromatic heterocycles. The van der Waals surface area contributed by atoms with Crippen LogP contribution < -0.4 is 5.32 Å². The molecule has 1 saturated heterocycles. The number of anilines is 1. The molecule has 1 aromatic rings. The Morgan fingerprint density at radius 1 is 1.59 bits per heavy atom. The molecule has 0 amide bonds. The minimum Gasteiger partial charge on any atom is -0.363 e. The molecule has 1 N–H and O–H groups in total. The van der Waals surface area contributed by atoms with E-state index in [2.05, 4.69) is 15.3 Å². The number of nitrogens with zero attached hydrogens (tertiary/aromatic N) is 3. The summed E-state index contributed by atoms with van der Waals surface area (Å²) < 4.78 is 22.9. The molecule has 2 rings (SSSR count). The second kappa shape index (κ2) is 3.96. The van der Waals surface area contributed by atoms with E-state index < -0.39 is 15.4 Å². The predicted octanol–water partition coefficient (Wildman–Crippen LogP) is 0.337. The fourth-order valence-electron chi connectivity index (χ4n) is 1.91. The monoisotopic (exact) mass is 252 g/mol. The van der Waals surface area contributed by atoms with Crippen LogP contribution >= 0.6 is 0 Å². The van der Waals surface area contributed by atoms with Crippen molar-refractivity contribution in [1.82, 2.24) is 9.97 Å². The maximum absolute atomic E-state index is 11.5. The molecule has 1 aliphatic heterocycles. The molecule has 0 bridgehead atoms. The van der Waals surface area contributed by atoms with Gasteiger partial charge in [-0.25, -0.2) is 18.4 Å². The largest absolute Gasteiger partial charge is 0.363 e. The molecule has 0 radical (unpaired) electrons. The standard InChI is InChI=1S/C10H12N4O2S/c1-10(2-3-17(15,16)6-10)14-9-8(4-11)5-12-7-13-9/h5,7H,2-3,6H2,1H3,(H,12,13,14). The van der Waals surface area contributed by atoms with Crippen LogP contribution in [0.3, 0.4) is 0 Å². The zero-order valence-corrected chi connectivity index (χ0v) is 10.2. The van der Waals surface area contributed by atoms with Crippen LogP contribution in [-0.2, 0) is 9.84 Å². The SMILES string of the molecule is CC1(Nc2ncncc2C#N)CCS(=O)(=O)C1. The number of aromatic nitrogens is 2. The number of hydrogen-bond donors (Lipinski definition) is 1. The van der Waals surface area contributed by atoms with E-state index in [1.165, 1.54) is 12.5 Å². The summed E-state index contributed by atoms with van der Waals surface area (Å²) in [5.74, 6) is 0.625. The van der Waals surface area contributed by atoms with Crippen LogP contribution in [0.2, 0.25) is 0 Å². The molecule has 0 spiro atoms. The van der Waals surface area contributed by atoms with Gasteiger partial charge in [-0.15, -0.1) is 0 Å². The Balaban J connectivity index is 2.25. The number of rotatable bonds is 2. The van der Waals surface area contributed by atoms with Crippen LogP contribution in [0, 0.1) is 11.3 Å². The quantitative estimate of drug-likeness (QED) is 0.815. The van der Waals surface area contributed by atoms with E-state index in [4.69, 9.17) is 5.26 Å². The summed E-state index contributed by atoms with van der Waals surface area (Å²) in [4.78, 5) is 7.72. The average molecular weight is 252 g/mol. The Labute approximate surface area is 99.6 Å². The highest BCUT2D eigenvalue weighted by molar-refractivity contribution is 7.91. The van der Waals surface area contributed by atoms with Gasteiger partial charge in [-0.1, -0.05) is 0 Å². The smallest absolute Gasteiger partial charge is 0.152 e. The molecular formula is C10H12N4O2S. The van der Waals surface area contributed by atoms with Gasteiger partial charge in [0.2, 0.25) is 0 Å². The van der Waals surface area contributed by atoms with Gasteiger partial charge < -0.3 is 5.32 Å². The molecule has 7 heteroatoms. The van der Waals surface area contributed by atoms with Crippen molar-refractivity contribution in [3.63, 3.8) is 0 Å². The highest BCUT2D eigenvalue weighted by atomic mass is 32.2. The summed E-state index contributed by atoms with van der Waals surface area (Å²) in [6.45, 7) is 1.82. The second-order valence-electron chi connectivity index (χ2n) is 4.42. The van der Waals surface area contributed by atoms with Crippen LogP contribution in [0.25, 0.3) is 0 Å². The van der Waals surface area contributed by atoms with E-state index in [9.17, 15) is 8.42 Å². The van der Waals surface area contributed by atoms with E-state index in [1.807, 2.05) is 13.0 Å². The zero-order chi connectivity index (χ0) is 12.5. The average Bonchev–Trinajstić information content (AvgIpc) is 2.53. The van der Waals surface area contributed by atoms with E-state index in [1.54, 1.807) is 0 Å². The Hall–Kier alpha value is -1.68. The van der Waals surface area contributed by atoms with Gasteiger partial charge in [0.15, 0.2) is 9.84 Å². The molecule has 0 aliphatic carbocycles. The lowest BCUT2D eigenvalue weighted by Crippen LogP contribution is -2.36.